The summed E-state index contributed by atoms with van der Waals surface area (Å²) in [5, 5.41) is 13.1. The zero-order valence-electron chi connectivity index (χ0n) is 14.3. The molecule has 0 saturated carbocycles. The molecule has 0 saturated heterocycles. The first-order valence-corrected chi connectivity index (χ1v) is 7.87. The Labute approximate surface area is 146 Å². The van der Waals surface area contributed by atoms with Gasteiger partial charge in [0.05, 0.1) is 17.5 Å². The largest absolute Gasteiger partial charge is 0.416 e. The molecule has 0 aliphatic carbocycles. The van der Waals surface area contributed by atoms with Crippen LogP contribution in [0.15, 0.2) is 29.2 Å². The molecule has 1 N–H and O–H groups in total. The summed E-state index contributed by atoms with van der Waals surface area (Å²) < 4.78 is 40.9. The normalized spacial score (nSPS) is 11.9. The van der Waals surface area contributed by atoms with Crippen molar-refractivity contribution >= 4 is 5.65 Å². The average Bonchev–Trinajstić information content (AvgIpc) is 2.97. The predicted molar refractivity (Wildman–Crippen MR) is 89.8 cm³/mol. The van der Waals surface area contributed by atoms with Crippen LogP contribution in [0.2, 0.25) is 0 Å². The predicted octanol–water partition coefficient (Wildman–Crippen LogP) is 4.01. The number of aromatic nitrogens is 3. The van der Waals surface area contributed by atoms with Crippen LogP contribution in [0.5, 0.6) is 0 Å². The average molecular weight is 360 g/mol. The van der Waals surface area contributed by atoms with Crippen LogP contribution in [-0.2, 0) is 6.18 Å². The highest BCUT2D eigenvalue weighted by Crippen LogP contribution is 2.35. The molecule has 2 heterocycles. The van der Waals surface area contributed by atoms with Gasteiger partial charge in [0, 0.05) is 5.56 Å². The van der Waals surface area contributed by atoms with E-state index in [2.05, 4.69) is 10.1 Å². The molecule has 2 aromatic heterocycles. The van der Waals surface area contributed by atoms with Crippen molar-refractivity contribution < 1.29 is 13.2 Å². The third-order valence-electron chi connectivity index (χ3n) is 4.23. The summed E-state index contributed by atoms with van der Waals surface area (Å²) in [5.74, 6) is -0.261. The third-order valence-corrected chi connectivity index (χ3v) is 4.23. The van der Waals surface area contributed by atoms with Gasteiger partial charge >= 0.3 is 6.18 Å². The second-order valence-corrected chi connectivity index (χ2v) is 6.33. The quantitative estimate of drug-likeness (QED) is 0.750. The summed E-state index contributed by atoms with van der Waals surface area (Å²) in [6.45, 7) is 4.92. The Balaban J connectivity index is 2.40. The molecule has 0 amide bonds. The van der Waals surface area contributed by atoms with Crippen molar-refractivity contribution in [2.45, 2.75) is 32.9 Å². The second-order valence-electron chi connectivity index (χ2n) is 6.33. The molecule has 0 aliphatic heterocycles. The minimum atomic E-state index is -4.50. The summed E-state index contributed by atoms with van der Waals surface area (Å²) in [7, 11) is 0. The van der Waals surface area contributed by atoms with Crippen molar-refractivity contribution in [1.82, 2.24) is 14.6 Å². The highest BCUT2D eigenvalue weighted by molar-refractivity contribution is 5.69. The van der Waals surface area contributed by atoms with Crippen LogP contribution < -0.4 is 5.56 Å². The molecular formula is C18H15F3N4O. The van der Waals surface area contributed by atoms with Crippen LogP contribution in [0.3, 0.4) is 0 Å². The van der Waals surface area contributed by atoms with Gasteiger partial charge in [0.1, 0.15) is 11.6 Å². The molecule has 1 aromatic carbocycles. The van der Waals surface area contributed by atoms with Crippen molar-refractivity contribution in [3.63, 3.8) is 0 Å². The second kappa shape index (κ2) is 6.02. The third kappa shape index (κ3) is 2.75. The molecule has 0 unspecified atom stereocenters. The van der Waals surface area contributed by atoms with Gasteiger partial charge in [-0.25, -0.2) is 0 Å². The van der Waals surface area contributed by atoms with E-state index >= 15 is 0 Å². The summed E-state index contributed by atoms with van der Waals surface area (Å²) >= 11 is 0. The van der Waals surface area contributed by atoms with Crippen molar-refractivity contribution in [2.24, 2.45) is 0 Å². The van der Waals surface area contributed by atoms with Gasteiger partial charge in [-0.1, -0.05) is 26.0 Å². The number of rotatable bonds is 2. The summed E-state index contributed by atoms with van der Waals surface area (Å²) in [5.41, 5.74) is -0.0251. The van der Waals surface area contributed by atoms with E-state index in [0.29, 0.717) is 5.56 Å². The molecule has 0 spiro atoms. The zero-order chi connectivity index (χ0) is 19.2. The fourth-order valence-electron chi connectivity index (χ4n) is 2.96. The van der Waals surface area contributed by atoms with Gasteiger partial charge in [-0.3, -0.25) is 4.79 Å². The van der Waals surface area contributed by atoms with E-state index in [9.17, 15) is 18.0 Å². The zero-order valence-corrected chi connectivity index (χ0v) is 14.3. The van der Waals surface area contributed by atoms with Gasteiger partial charge in [0.25, 0.3) is 5.56 Å². The van der Waals surface area contributed by atoms with Crippen molar-refractivity contribution in [1.29, 1.82) is 5.26 Å². The van der Waals surface area contributed by atoms with E-state index in [1.165, 1.54) is 25.3 Å². The van der Waals surface area contributed by atoms with Crippen LogP contribution in [0.4, 0.5) is 13.2 Å². The number of halogens is 3. The van der Waals surface area contributed by atoms with Crippen LogP contribution in [0, 0.1) is 18.3 Å². The lowest BCUT2D eigenvalue weighted by Crippen LogP contribution is -2.22. The molecule has 26 heavy (non-hydrogen) atoms. The highest BCUT2D eigenvalue weighted by Gasteiger charge is 2.33. The van der Waals surface area contributed by atoms with E-state index in [1.807, 2.05) is 6.07 Å². The number of nitriles is 1. The maximum Gasteiger partial charge on any atom is 0.416 e. The van der Waals surface area contributed by atoms with E-state index in [0.717, 1.165) is 10.6 Å². The van der Waals surface area contributed by atoms with Crippen LogP contribution in [0.25, 0.3) is 16.9 Å². The standard InChI is InChI=1S/C18H15F3N4O/c1-9(2)14-15(11-5-4-10(3)13(6-11)18(19,20)21)24-16-12(7-22)8-23-25(16)17(14)26/h4-6,8-9,24H,1-3H3. The molecule has 0 atom stereocenters. The lowest BCUT2D eigenvalue weighted by atomic mass is 9.95. The minimum absolute atomic E-state index is 0.0952. The maximum absolute atomic E-state index is 13.3. The Bertz CT molecular complexity index is 1100. The van der Waals surface area contributed by atoms with Crippen LogP contribution >= 0.6 is 0 Å². The first-order valence-electron chi connectivity index (χ1n) is 7.87. The molecule has 0 radical (unpaired) electrons. The van der Waals surface area contributed by atoms with E-state index in [-0.39, 0.29) is 33.9 Å². The Morgan fingerprint density at radius 2 is 2.00 bits per heavy atom. The molecule has 0 aliphatic rings. The Hall–Kier alpha value is -3.08. The highest BCUT2D eigenvalue weighted by atomic mass is 19.4. The molecular weight excluding hydrogens is 345 g/mol. The van der Waals surface area contributed by atoms with Gasteiger partial charge in [-0.05, 0) is 30.0 Å². The van der Waals surface area contributed by atoms with E-state index < -0.39 is 17.3 Å². The monoisotopic (exact) mass is 360 g/mol. The summed E-state index contributed by atoms with van der Waals surface area (Å²) in [6, 6.07) is 5.83. The van der Waals surface area contributed by atoms with Crippen LogP contribution in [0.1, 0.15) is 42.0 Å². The van der Waals surface area contributed by atoms with Gasteiger partial charge in [0.2, 0.25) is 0 Å². The number of hydrogen-bond donors (Lipinski definition) is 1. The van der Waals surface area contributed by atoms with Gasteiger partial charge in [-0.2, -0.15) is 28.0 Å². The van der Waals surface area contributed by atoms with Gasteiger partial charge < -0.3 is 4.98 Å². The first kappa shape index (κ1) is 17.7. The molecule has 0 fully saturated rings. The number of H-pyrrole nitrogens is 1. The number of alkyl halides is 3. The molecule has 5 nitrogen and oxygen atoms in total. The SMILES string of the molecule is Cc1ccc(-c2[nH]c3c(C#N)cnn3c(=O)c2C(C)C)cc1C(F)(F)F. The Kier molecular flexibility index (Phi) is 4.11. The van der Waals surface area contributed by atoms with Gasteiger partial charge in [-0.15, -0.1) is 0 Å². The number of nitrogens with zero attached hydrogens (tertiary/aromatic N) is 3. The number of aryl methyl sites for hydroxylation is 1. The molecule has 134 valence electrons. The number of aromatic amines is 1. The topological polar surface area (TPSA) is 73.9 Å². The molecule has 3 aromatic rings. The Morgan fingerprint density at radius 3 is 2.58 bits per heavy atom. The van der Waals surface area contributed by atoms with Crippen molar-refractivity contribution in [3.05, 3.63) is 57.0 Å². The van der Waals surface area contributed by atoms with Crippen molar-refractivity contribution in [2.75, 3.05) is 0 Å². The smallest absolute Gasteiger partial charge is 0.338 e. The minimum Gasteiger partial charge on any atom is -0.338 e. The van der Waals surface area contributed by atoms with E-state index in [1.54, 1.807) is 13.8 Å². The molecule has 3 rings (SSSR count). The first-order chi connectivity index (χ1) is 12.1. The lowest BCUT2D eigenvalue weighted by molar-refractivity contribution is -0.138. The fraction of sp³-hybridized carbons (Fsp3) is 0.278. The molecule has 0 bridgehead atoms. The Morgan fingerprint density at radius 1 is 1.31 bits per heavy atom. The van der Waals surface area contributed by atoms with E-state index in [4.69, 9.17) is 5.26 Å². The van der Waals surface area contributed by atoms with Crippen LogP contribution in [-0.4, -0.2) is 14.6 Å². The number of fused-ring (bicyclic) bond motifs is 1. The molecule has 8 heteroatoms. The summed E-state index contributed by atoms with van der Waals surface area (Å²) in [6.07, 6.45) is -3.26. The van der Waals surface area contributed by atoms with Gasteiger partial charge in [0.15, 0.2) is 5.65 Å². The summed E-state index contributed by atoms with van der Waals surface area (Å²) in [4.78, 5) is 15.7. The van der Waals surface area contributed by atoms with Crippen molar-refractivity contribution in [3.8, 4) is 17.3 Å². The lowest BCUT2D eigenvalue weighted by Gasteiger charge is -2.16. The maximum atomic E-state index is 13.3. The number of hydrogen-bond acceptors (Lipinski definition) is 3. The number of nitrogens with one attached hydrogen (secondary N) is 1. The number of benzene rings is 1. The fourth-order valence-corrected chi connectivity index (χ4v) is 2.96.